The molecule has 4 heteroatoms. The number of benzene rings is 2. The zero-order valence-electron chi connectivity index (χ0n) is 15.2. The molecule has 0 aliphatic heterocycles. The highest BCUT2D eigenvalue weighted by Gasteiger charge is 2.22. The molecule has 4 nitrogen and oxygen atoms in total. The van der Waals surface area contributed by atoms with Gasteiger partial charge in [0.15, 0.2) is 0 Å². The third-order valence-corrected chi connectivity index (χ3v) is 4.82. The molecule has 1 saturated carbocycles. The number of aryl methyl sites for hydroxylation is 1. The number of ether oxygens (including phenoxy) is 2. The van der Waals surface area contributed by atoms with Gasteiger partial charge in [0.25, 0.3) is 0 Å². The van der Waals surface area contributed by atoms with E-state index in [1.54, 1.807) is 36.4 Å². The summed E-state index contributed by atoms with van der Waals surface area (Å²) < 4.78 is 10.9. The highest BCUT2D eigenvalue weighted by molar-refractivity contribution is 5.92. The maximum atomic E-state index is 12.3. The second kappa shape index (κ2) is 8.17. The molecule has 0 heterocycles. The third-order valence-electron chi connectivity index (χ3n) is 4.82. The van der Waals surface area contributed by atoms with Crippen molar-refractivity contribution in [2.75, 3.05) is 0 Å². The molecule has 0 spiro atoms. The predicted molar refractivity (Wildman–Crippen MR) is 99.4 cm³/mol. The molecule has 0 atom stereocenters. The Morgan fingerprint density at radius 2 is 1.35 bits per heavy atom. The second-order valence-corrected chi connectivity index (χ2v) is 7.07. The van der Waals surface area contributed by atoms with E-state index in [2.05, 4.69) is 6.92 Å². The molecular formula is C22H24O4. The standard InChI is InChI=1S/C22H24O4/c1-15-3-7-17(8-4-15)21(23)26-20-13-9-18(10-14-20)22(24)25-19-11-5-16(2)6-12-19/h3-4,7-10,13-14,16,19H,5-6,11-12H2,1-2H3. The summed E-state index contributed by atoms with van der Waals surface area (Å²) in [5.74, 6) is 0.378. The molecular weight excluding hydrogens is 328 g/mol. The lowest BCUT2D eigenvalue weighted by Crippen LogP contribution is -2.23. The van der Waals surface area contributed by atoms with Crippen LogP contribution in [-0.4, -0.2) is 18.0 Å². The van der Waals surface area contributed by atoms with Crippen LogP contribution in [0.15, 0.2) is 48.5 Å². The minimum Gasteiger partial charge on any atom is -0.459 e. The summed E-state index contributed by atoms with van der Waals surface area (Å²) in [6, 6.07) is 13.7. The van der Waals surface area contributed by atoms with Crippen LogP contribution in [0.5, 0.6) is 5.75 Å². The molecule has 0 radical (unpaired) electrons. The molecule has 136 valence electrons. The Bertz CT molecular complexity index is 754. The fourth-order valence-corrected chi connectivity index (χ4v) is 3.08. The second-order valence-electron chi connectivity index (χ2n) is 7.07. The van der Waals surface area contributed by atoms with Crippen molar-refractivity contribution in [3.8, 4) is 5.75 Å². The molecule has 0 unspecified atom stereocenters. The van der Waals surface area contributed by atoms with Gasteiger partial charge in [-0.3, -0.25) is 0 Å². The molecule has 1 aliphatic carbocycles. The number of hydrogen-bond donors (Lipinski definition) is 0. The van der Waals surface area contributed by atoms with E-state index in [9.17, 15) is 9.59 Å². The van der Waals surface area contributed by atoms with Crippen molar-refractivity contribution in [3.63, 3.8) is 0 Å². The minimum absolute atomic E-state index is 0.0118. The molecule has 0 aromatic heterocycles. The third kappa shape index (κ3) is 4.72. The predicted octanol–water partition coefficient (Wildman–Crippen LogP) is 4.95. The van der Waals surface area contributed by atoms with E-state index in [0.717, 1.165) is 31.2 Å². The Labute approximate surface area is 154 Å². The van der Waals surface area contributed by atoms with Gasteiger partial charge >= 0.3 is 11.9 Å². The Morgan fingerprint density at radius 3 is 1.96 bits per heavy atom. The molecule has 0 N–H and O–H groups in total. The van der Waals surface area contributed by atoms with E-state index in [0.29, 0.717) is 22.8 Å². The van der Waals surface area contributed by atoms with Gasteiger partial charge in [0.1, 0.15) is 11.9 Å². The maximum absolute atomic E-state index is 12.3. The lowest BCUT2D eigenvalue weighted by Gasteiger charge is -2.25. The summed E-state index contributed by atoms with van der Waals surface area (Å²) in [6.07, 6.45) is 4.08. The summed E-state index contributed by atoms with van der Waals surface area (Å²) in [7, 11) is 0. The minimum atomic E-state index is -0.420. The molecule has 3 rings (SSSR count). The van der Waals surface area contributed by atoms with Gasteiger partial charge in [0.2, 0.25) is 0 Å². The van der Waals surface area contributed by atoms with E-state index < -0.39 is 5.97 Å². The number of hydrogen-bond acceptors (Lipinski definition) is 4. The van der Waals surface area contributed by atoms with E-state index in [4.69, 9.17) is 9.47 Å². The lowest BCUT2D eigenvalue weighted by atomic mass is 9.89. The molecule has 2 aromatic carbocycles. The Balaban J connectivity index is 1.56. The molecule has 0 saturated heterocycles. The molecule has 1 fully saturated rings. The van der Waals surface area contributed by atoms with Crippen LogP contribution in [0.2, 0.25) is 0 Å². The molecule has 0 bridgehead atoms. The number of rotatable bonds is 4. The van der Waals surface area contributed by atoms with Gasteiger partial charge in [-0.1, -0.05) is 24.6 Å². The maximum Gasteiger partial charge on any atom is 0.343 e. The smallest absolute Gasteiger partial charge is 0.343 e. The monoisotopic (exact) mass is 352 g/mol. The molecule has 2 aromatic rings. The summed E-state index contributed by atoms with van der Waals surface area (Å²) >= 11 is 0. The van der Waals surface area contributed by atoms with Crippen LogP contribution in [0.4, 0.5) is 0 Å². The van der Waals surface area contributed by atoms with Gasteiger partial charge in [0, 0.05) is 0 Å². The summed E-state index contributed by atoms with van der Waals surface area (Å²) in [6.45, 7) is 4.19. The average molecular weight is 352 g/mol. The van der Waals surface area contributed by atoms with Crippen molar-refractivity contribution in [1.82, 2.24) is 0 Å². The summed E-state index contributed by atoms with van der Waals surface area (Å²) in [4.78, 5) is 24.4. The van der Waals surface area contributed by atoms with Gasteiger partial charge in [-0.05, 0) is 74.9 Å². The van der Waals surface area contributed by atoms with Crippen molar-refractivity contribution in [3.05, 3.63) is 65.2 Å². The van der Waals surface area contributed by atoms with Gasteiger partial charge in [-0.25, -0.2) is 9.59 Å². The molecule has 26 heavy (non-hydrogen) atoms. The van der Waals surface area contributed by atoms with Gasteiger partial charge in [-0.2, -0.15) is 0 Å². The average Bonchev–Trinajstić information content (AvgIpc) is 2.64. The summed E-state index contributed by atoms with van der Waals surface area (Å²) in [5.41, 5.74) is 2.04. The largest absolute Gasteiger partial charge is 0.459 e. The first-order valence-electron chi connectivity index (χ1n) is 9.11. The van der Waals surface area contributed by atoms with Crippen LogP contribution in [0.1, 0.15) is 58.9 Å². The van der Waals surface area contributed by atoms with E-state index in [1.807, 2.05) is 19.1 Å². The topological polar surface area (TPSA) is 52.6 Å². The van der Waals surface area contributed by atoms with Gasteiger partial charge in [0.05, 0.1) is 11.1 Å². The van der Waals surface area contributed by atoms with Crippen LogP contribution in [0, 0.1) is 12.8 Å². The van der Waals surface area contributed by atoms with Crippen molar-refractivity contribution in [1.29, 1.82) is 0 Å². The zero-order valence-corrected chi connectivity index (χ0v) is 15.2. The number of esters is 2. The molecule has 0 amide bonds. The fourth-order valence-electron chi connectivity index (χ4n) is 3.08. The highest BCUT2D eigenvalue weighted by atomic mass is 16.5. The van der Waals surface area contributed by atoms with Gasteiger partial charge < -0.3 is 9.47 Å². The van der Waals surface area contributed by atoms with Crippen molar-refractivity contribution in [2.24, 2.45) is 5.92 Å². The Hall–Kier alpha value is -2.62. The quantitative estimate of drug-likeness (QED) is 0.577. The Kier molecular flexibility index (Phi) is 5.71. The van der Waals surface area contributed by atoms with Crippen molar-refractivity contribution in [2.45, 2.75) is 45.6 Å². The highest BCUT2D eigenvalue weighted by Crippen LogP contribution is 2.26. The zero-order chi connectivity index (χ0) is 18.5. The van der Waals surface area contributed by atoms with E-state index >= 15 is 0 Å². The van der Waals surface area contributed by atoms with Crippen molar-refractivity contribution < 1.29 is 19.1 Å². The number of carbonyl (C=O) groups excluding carboxylic acids is 2. The molecule has 1 aliphatic rings. The SMILES string of the molecule is Cc1ccc(C(=O)Oc2ccc(C(=O)OC3CCC(C)CC3)cc2)cc1. The van der Waals surface area contributed by atoms with Crippen LogP contribution >= 0.6 is 0 Å². The fraction of sp³-hybridized carbons (Fsp3) is 0.364. The normalized spacial score (nSPS) is 19.6. The lowest BCUT2D eigenvalue weighted by molar-refractivity contribution is 0.0174. The first-order valence-corrected chi connectivity index (χ1v) is 9.11. The van der Waals surface area contributed by atoms with E-state index in [-0.39, 0.29) is 12.1 Å². The summed E-state index contributed by atoms with van der Waals surface area (Å²) in [5, 5.41) is 0. The van der Waals surface area contributed by atoms with Crippen molar-refractivity contribution >= 4 is 11.9 Å². The first kappa shape index (κ1) is 18.2. The van der Waals surface area contributed by atoms with Crippen LogP contribution < -0.4 is 4.74 Å². The Morgan fingerprint density at radius 1 is 0.808 bits per heavy atom. The number of carbonyl (C=O) groups is 2. The van der Waals surface area contributed by atoms with Crippen LogP contribution in [0.3, 0.4) is 0 Å². The first-order chi connectivity index (χ1) is 12.5. The van der Waals surface area contributed by atoms with Crippen LogP contribution in [0.25, 0.3) is 0 Å². The van der Waals surface area contributed by atoms with Crippen LogP contribution in [-0.2, 0) is 4.74 Å². The van der Waals surface area contributed by atoms with Gasteiger partial charge in [-0.15, -0.1) is 0 Å². The van der Waals surface area contributed by atoms with E-state index in [1.165, 1.54) is 0 Å².